The minimum Gasteiger partial charge on any atom is -0.490 e. The highest BCUT2D eigenvalue weighted by molar-refractivity contribution is 9.08. The molecule has 19 heavy (non-hydrogen) atoms. The lowest BCUT2D eigenvalue weighted by molar-refractivity contribution is 0.216. The fourth-order valence-electron chi connectivity index (χ4n) is 1.62. The van der Waals surface area contributed by atoms with Crippen molar-refractivity contribution in [1.29, 1.82) is 0 Å². The standard InChI is InChI=1S/C15H14BrFO2/c16-11-12-8-13(17)10-15(9-12)19-7-6-18-14-4-2-1-3-5-14/h1-5,8-10H,6-7,11H2. The third-order valence-electron chi connectivity index (χ3n) is 2.45. The second-order valence-electron chi connectivity index (χ2n) is 3.94. The highest BCUT2D eigenvalue weighted by atomic mass is 79.9. The summed E-state index contributed by atoms with van der Waals surface area (Å²) in [6, 6.07) is 14.2. The molecule has 0 saturated heterocycles. The van der Waals surface area contributed by atoms with Crippen molar-refractivity contribution in [3.8, 4) is 11.5 Å². The summed E-state index contributed by atoms with van der Waals surface area (Å²) in [6.45, 7) is 0.796. The van der Waals surface area contributed by atoms with Gasteiger partial charge in [-0.3, -0.25) is 0 Å². The van der Waals surface area contributed by atoms with E-state index >= 15 is 0 Å². The topological polar surface area (TPSA) is 18.5 Å². The van der Waals surface area contributed by atoms with Crippen LogP contribution in [0.25, 0.3) is 0 Å². The van der Waals surface area contributed by atoms with Crippen LogP contribution in [-0.4, -0.2) is 13.2 Å². The normalized spacial score (nSPS) is 10.2. The Hall–Kier alpha value is -1.55. The molecule has 2 aromatic carbocycles. The van der Waals surface area contributed by atoms with Gasteiger partial charge in [0.15, 0.2) is 0 Å². The minimum absolute atomic E-state index is 0.295. The third-order valence-corrected chi connectivity index (χ3v) is 3.10. The smallest absolute Gasteiger partial charge is 0.127 e. The van der Waals surface area contributed by atoms with Gasteiger partial charge < -0.3 is 9.47 Å². The van der Waals surface area contributed by atoms with E-state index in [1.807, 2.05) is 30.3 Å². The monoisotopic (exact) mass is 324 g/mol. The zero-order chi connectivity index (χ0) is 13.5. The summed E-state index contributed by atoms with van der Waals surface area (Å²) >= 11 is 3.29. The van der Waals surface area contributed by atoms with Crippen molar-refractivity contribution in [3.05, 3.63) is 59.9 Å². The lowest BCUT2D eigenvalue weighted by Crippen LogP contribution is -2.09. The molecule has 0 amide bonds. The fourth-order valence-corrected chi connectivity index (χ4v) is 1.94. The minimum atomic E-state index is -0.295. The number of para-hydroxylation sites is 1. The number of rotatable bonds is 6. The maximum absolute atomic E-state index is 13.3. The lowest BCUT2D eigenvalue weighted by Gasteiger charge is -2.09. The predicted octanol–water partition coefficient (Wildman–Crippen LogP) is 4.18. The van der Waals surface area contributed by atoms with Crippen LogP contribution >= 0.6 is 15.9 Å². The van der Waals surface area contributed by atoms with E-state index in [9.17, 15) is 4.39 Å². The molecule has 0 radical (unpaired) electrons. The summed E-state index contributed by atoms with van der Waals surface area (Å²) in [6.07, 6.45) is 0. The van der Waals surface area contributed by atoms with Crippen LogP contribution in [0.4, 0.5) is 4.39 Å². The van der Waals surface area contributed by atoms with Crippen LogP contribution in [0.2, 0.25) is 0 Å². The van der Waals surface area contributed by atoms with Gasteiger partial charge in [-0.15, -0.1) is 0 Å². The van der Waals surface area contributed by atoms with E-state index < -0.39 is 0 Å². The average molecular weight is 325 g/mol. The van der Waals surface area contributed by atoms with Crippen LogP contribution in [0.5, 0.6) is 11.5 Å². The summed E-state index contributed by atoms with van der Waals surface area (Å²) in [5, 5.41) is 0.599. The maximum atomic E-state index is 13.3. The van der Waals surface area contributed by atoms with Gasteiger partial charge in [-0.2, -0.15) is 0 Å². The first-order valence-electron chi connectivity index (χ1n) is 5.94. The molecule has 0 unspecified atom stereocenters. The van der Waals surface area contributed by atoms with E-state index in [1.165, 1.54) is 12.1 Å². The molecule has 0 atom stereocenters. The van der Waals surface area contributed by atoms with Crippen molar-refractivity contribution >= 4 is 15.9 Å². The first-order chi connectivity index (χ1) is 9.28. The zero-order valence-corrected chi connectivity index (χ0v) is 11.9. The Kier molecular flexibility index (Phi) is 5.21. The van der Waals surface area contributed by atoms with Crippen molar-refractivity contribution in [3.63, 3.8) is 0 Å². The van der Waals surface area contributed by atoms with Crippen LogP contribution in [0.1, 0.15) is 5.56 Å². The van der Waals surface area contributed by atoms with Gasteiger partial charge in [-0.1, -0.05) is 34.1 Å². The van der Waals surface area contributed by atoms with Gasteiger partial charge in [0.25, 0.3) is 0 Å². The van der Waals surface area contributed by atoms with Gasteiger partial charge in [-0.05, 0) is 29.8 Å². The highest BCUT2D eigenvalue weighted by Gasteiger charge is 2.01. The van der Waals surface area contributed by atoms with E-state index in [4.69, 9.17) is 9.47 Å². The summed E-state index contributed by atoms with van der Waals surface area (Å²) in [5.41, 5.74) is 0.846. The summed E-state index contributed by atoms with van der Waals surface area (Å²) in [7, 11) is 0. The first-order valence-corrected chi connectivity index (χ1v) is 7.06. The van der Waals surface area contributed by atoms with Crippen LogP contribution in [0.15, 0.2) is 48.5 Å². The predicted molar refractivity (Wildman–Crippen MR) is 76.5 cm³/mol. The number of hydrogen-bond acceptors (Lipinski definition) is 2. The molecule has 0 fully saturated rings. The van der Waals surface area contributed by atoms with Crippen LogP contribution < -0.4 is 9.47 Å². The molecule has 0 aliphatic heterocycles. The van der Waals surface area contributed by atoms with E-state index in [1.54, 1.807) is 6.07 Å². The molecule has 2 aromatic rings. The van der Waals surface area contributed by atoms with Gasteiger partial charge in [-0.25, -0.2) is 4.39 Å². The van der Waals surface area contributed by atoms with E-state index in [0.29, 0.717) is 24.3 Å². The van der Waals surface area contributed by atoms with Crippen LogP contribution in [0.3, 0.4) is 0 Å². The third kappa shape index (κ3) is 4.56. The Morgan fingerprint density at radius 3 is 2.26 bits per heavy atom. The Bertz CT molecular complexity index is 517. The molecule has 2 nitrogen and oxygen atoms in total. The lowest BCUT2D eigenvalue weighted by atomic mass is 10.2. The van der Waals surface area contributed by atoms with Crippen LogP contribution in [0, 0.1) is 5.82 Å². The van der Waals surface area contributed by atoms with E-state index in [0.717, 1.165) is 11.3 Å². The molecule has 2 rings (SSSR count). The molecule has 0 N–H and O–H groups in total. The van der Waals surface area contributed by atoms with E-state index in [2.05, 4.69) is 15.9 Å². The van der Waals surface area contributed by atoms with Crippen molar-refractivity contribution in [2.75, 3.05) is 13.2 Å². The fraction of sp³-hybridized carbons (Fsp3) is 0.200. The van der Waals surface area contributed by atoms with Crippen molar-refractivity contribution < 1.29 is 13.9 Å². The Labute approximate surface area is 120 Å². The van der Waals surface area contributed by atoms with Gasteiger partial charge in [0.1, 0.15) is 30.5 Å². The van der Waals surface area contributed by atoms with Gasteiger partial charge in [0.2, 0.25) is 0 Å². The molecular formula is C15H14BrFO2. The Balaban J connectivity index is 1.81. The second-order valence-corrected chi connectivity index (χ2v) is 4.50. The number of hydrogen-bond donors (Lipinski definition) is 0. The Morgan fingerprint density at radius 1 is 0.895 bits per heavy atom. The van der Waals surface area contributed by atoms with Crippen molar-refractivity contribution in [2.45, 2.75) is 5.33 Å². The zero-order valence-electron chi connectivity index (χ0n) is 10.3. The van der Waals surface area contributed by atoms with Crippen LogP contribution in [-0.2, 0) is 5.33 Å². The molecule has 0 spiro atoms. The molecule has 100 valence electrons. The summed E-state index contributed by atoms with van der Waals surface area (Å²) < 4.78 is 24.2. The molecule has 0 saturated carbocycles. The van der Waals surface area contributed by atoms with Crippen molar-refractivity contribution in [2.24, 2.45) is 0 Å². The number of halogens is 2. The SMILES string of the molecule is Fc1cc(CBr)cc(OCCOc2ccccc2)c1. The molecule has 0 aliphatic rings. The second kappa shape index (κ2) is 7.14. The molecule has 0 aliphatic carbocycles. The number of ether oxygens (including phenoxy) is 2. The number of benzene rings is 2. The molecule has 4 heteroatoms. The molecule has 0 heterocycles. The quantitative estimate of drug-likeness (QED) is 0.586. The van der Waals surface area contributed by atoms with E-state index in [-0.39, 0.29) is 5.82 Å². The average Bonchev–Trinajstić information content (AvgIpc) is 2.44. The largest absolute Gasteiger partial charge is 0.490 e. The Morgan fingerprint density at radius 2 is 1.58 bits per heavy atom. The van der Waals surface area contributed by atoms with Gasteiger partial charge in [0.05, 0.1) is 0 Å². The van der Waals surface area contributed by atoms with Gasteiger partial charge >= 0.3 is 0 Å². The summed E-state index contributed by atoms with van der Waals surface area (Å²) in [4.78, 5) is 0. The first kappa shape index (κ1) is 13.9. The summed E-state index contributed by atoms with van der Waals surface area (Å²) in [5.74, 6) is 1.02. The van der Waals surface area contributed by atoms with Gasteiger partial charge in [0, 0.05) is 11.4 Å². The van der Waals surface area contributed by atoms with Crippen molar-refractivity contribution in [1.82, 2.24) is 0 Å². The highest BCUT2D eigenvalue weighted by Crippen LogP contribution is 2.18. The molecule has 0 aromatic heterocycles. The maximum Gasteiger partial charge on any atom is 0.127 e. The molecule has 0 bridgehead atoms. The molecular weight excluding hydrogens is 311 g/mol. The number of alkyl halides is 1.